The highest BCUT2D eigenvalue weighted by molar-refractivity contribution is 6.20. The Labute approximate surface area is 114 Å². The van der Waals surface area contributed by atoms with Crippen molar-refractivity contribution in [2.75, 3.05) is 13.2 Å². The number of nitrogens with zero attached hydrogens (tertiary/aromatic N) is 1. The number of carbonyl (C=O) groups excluding carboxylic acids is 3. The van der Waals surface area contributed by atoms with Crippen LogP contribution < -0.4 is 0 Å². The van der Waals surface area contributed by atoms with Crippen LogP contribution in [0.2, 0.25) is 0 Å². The fourth-order valence-electron chi connectivity index (χ4n) is 2.89. The zero-order valence-electron chi connectivity index (χ0n) is 10.5. The highest BCUT2D eigenvalue weighted by atomic mass is 16.7. The van der Waals surface area contributed by atoms with Crippen molar-refractivity contribution in [1.29, 1.82) is 0 Å². The van der Waals surface area contributed by atoms with Crippen LogP contribution in [0.1, 0.15) is 27.1 Å². The van der Waals surface area contributed by atoms with Crippen LogP contribution in [0.25, 0.3) is 0 Å². The van der Waals surface area contributed by atoms with Gasteiger partial charge in [0.05, 0.1) is 29.8 Å². The molecule has 2 amide bonds. The van der Waals surface area contributed by atoms with Crippen LogP contribution in [-0.2, 0) is 14.4 Å². The maximum atomic E-state index is 12.2. The summed E-state index contributed by atoms with van der Waals surface area (Å²) in [7, 11) is 0. The quantitative estimate of drug-likeness (QED) is 0.744. The molecule has 102 valence electrons. The third-order valence-electron chi connectivity index (χ3n) is 4.25. The predicted molar refractivity (Wildman–Crippen MR) is 64.4 cm³/mol. The molecule has 3 aliphatic rings. The van der Waals surface area contributed by atoms with E-state index in [-0.39, 0.29) is 17.0 Å². The zero-order chi connectivity index (χ0) is 13.9. The van der Waals surface area contributed by atoms with Gasteiger partial charge in [0.2, 0.25) is 0 Å². The summed E-state index contributed by atoms with van der Waals surface area (Å²) in [5, 5.41) is 0.565. The Hall–Kier alpha value is -2.21. The molecule has 0 N–H and O–H groups in total. The fourth-order valence-corrected chi connectivity index (χ4v) is 2.89. The van der Waals surface area contributed by atoms with Gasteiger partial charge in [0, 0.05) is 5.92 Å². The van der Waals surface area contributed by atoms with E-state index < -0.39 is 23.2 Å². The Kier molecular flexibility index (Phi) is 2.13. The minimum absolute atomic E-state index is 0.158. The van der Waals surface area contributed by atoms with Crippen LogP contribution in [0.4, 0.5) is 0 Å². The molecule has 1 aromatic rings. The Morgan fingerprint density at radius 2 is 1.90 bits per heavy atom. The summed E-state index contributed by atoms with van der Waals surface area (Å²) in [6, 6.07) is 6.41. The van der Waals surface area contributed by atoms with Gasteiger partial charge in [-0.05, 0) is 18.6 Å². The summed E-state index contributed by atoms with van der Waals surface area (Å²) in [5.41, 5.74) is -0.120. The van der Waals surface area contributed by atoms with Crippen LogP contribution in [0.3, 0.4) is 0 Å². The number of rotatable bonds is 2. The van der Waals surface area contributed by atoms with E-state index in [0.29, 0.717) is 24.7 Å². The molecule has 4 rings (SSSR count). The Morgan fingerprint density at radius 1 is 1.25 bits per heavy atom. The van der Waals surface area contributed by atoms with Gasteiger partial charge in [-0.15, -0.1) is 0 Å². The number of hydrogen-bond acceptors (Lipinski definition) is 5. The third kappa shape index (κ3) is 1.34. The van der Waals surface area contributed by atoms with Crippen molar-refractivity contribution >= 4 is 17.8 Å². The number of hydrogen-bond donors (Lipinski definition) is 0. The molecule has 1 saturated carbocycles. The fraction of sp³-hybridized carbons (Fsp3) is 0.357. The molecule has 0 radical (unpaired) electrons. The van der Waals surface area contributed by atoms with Crippen molar-refractivity contribution in [2.45, 2.75) is 6.42 Å². The molecule has 6 nitrogen and oxygen atoms in total. The van der Waals surface area contributed by atoms with Crippen LogP contribution in [0, 0.1) is 11.3 Å². The number of fused-ring (bicyclic) bond motifs is 2. The maximum Gasteiger partial charge on any atom is 0.342 e. The maximum absolute atomic E-state index is 12.2. The number of amides is 2. The smallest absolute Gasteiger partial charge is 0.342 e. The van der Waals surface area contributed by atoms with E-state index in [1.54, 1.807) is 24.3 Å². The van der Waals surface area contributed by atoms with Gasteiger partial charge >= 0.3 is 5.97 Å². The van der Waals surface area contributed by atoms with Crippen LogP contribution in [0.5, 0.6) is 0 Å². The van der Waals surface area contributed by atoms with Gasteiger partial charge in [0.15, 0.2) is 0 Å². The second-order valence-electron chi connectivity index (χ2n) is 5.40. The lowest BCUT2D eigenvalue weighted by molar-refractivity contribution is -0.176. The lowest BCUT2D eigenvalue weighted by Gasteiger charge is -2.16. The van der Waals surface area contributed by atoms with Gasteiger partial charge in [0.25, 0.3) is 11.8 Å². The molecule has 0 unspecified atom stereocenters. The van der Waals surface area contributed by atoms with E-state index in [9.17, 15) is 14.4 Å². The minimum Gasteiger partial charge on any atom is -0.380 e. The van der Waals surface area contributed by atoms with Crippen LogP contribution in [0.15, 0.2) is 24.3 Å². The van der Waals surface area contributed by atoms with Crippen molar-refractivity contribution in [2.24, 2.45) is 11.3 Å². The molecular weight excluding hydrogens is 262 g/mol. The molecule has 0 aromatic heterocycles. The predicted octanol–water partition coefficient (Wildman–Crippen LogP) is 0.777. The molecule has 1 aromatic carbocycles. The topological polar surface area (TPSA) is 72.9 Å². The molecular formula is C14H11NO5. The molecule has 1 aliphatic carbocycles. The number of hydroxylamine groups is 2. The monoisotopic (exact) mass is 273 g/mol. The molecule has 0 spiro atoms. The van der Waals surface area contributed by atoms with E-state index in [1.165, 1.54) is 0 Å². The summed E-state index contributed by atoms with van der Waals surface area (Å²) < 4.78 is 5.22. The second kappa shape index (κ2) is 3.67. The van der Waals surface area contributed by atoms with Crippen molar-refractivity contribution in [1.82, 2.24) is 5.06 Å². The van der Waals surface area contributed by atoms with Gasteiger partial charge < -0.3 is 9.57 Å². The largest absolute Gasteiger partial charge is 0.380 e. The first-order chi connectivity index (χ1) is 9.63. The molecule has 2 fully saturated rings. The summed E-state index contributed by atoms with van der Waals surface area (Å²) in [6.07, 6.45) is 0.703. The summed E-state index contributed by atoms with van der Waals surface area (Å²) in [5.74, 6) is -1.57. The first-order valence-corrected chi connectivity index (χ1v) is 6.41. The number of carbonyl (C=O) groups is 3. The minimum atomic E-state index is -0.644. The van der Waals surface area contributed by atoms with Crippen molar-refractivity contribution < 1.29 is 24.0 Å². The number of imide groups is 1. The van der Waals surface area contributed by atoms with E-state index in [1.807, 2.05) is 0 Å². The molecule has 2 heterocycles. The van der Waals surface area contributed by atoms with Gasteiger partial charge in [0.1, 0.15) is 0 Å². The SMILES string of the molecule is O=C1c2ccccc2C(=O)N1OC(=O)[C@@]12COC[C@@H]1C2. The summed E-state index contributed by atoms with van der Waals surface area (Å²) in [6.45, 7) is 0.844. The highest BCUT2D eigenvalue weighted by Gasteiger charge is 2.66. The normalized spacial score (nSPS) is 30.2. The second-order valence-corrected chi connectivity index (χ2v) is 5.40. The first-order valence-electron chi connectivity index (χ1n) is 6.41. The average Bonchev–Trinajstić information content (AvgIpc) is 2.95. The molecule has 6 heteroatoms. The zero-order valence-corrected chi connectivity index (χ0v) is 10.5. The standard InChI is InChI=1S/C14H11NO5/c16-11-9-3-1-2-4-10(9)12(17)15(11)20-13(18)14-5-8(14)6-19-7-14/h1-4,8H,5-7H2/t8-,14-/m0/s1. The molecule has 1 saturated heterocycles. The van der Waals surface area contributed by atoms with E-state index in [4.69, 9.17) is 9.57 Å². The summed E-state index contributed by atoms with van der Waals surface area (Å²) >= 11 is 0. The van der Waals surface area contributed by atoms with Gasteiger partial charge in [-0.1, -0.05) is 17.2 Å². The molecule has 20 heavy (non-hydrogen) atoms. The Bertz CT molecular complexity index is 620. The lowest BCUT2D eigenvalue weighted by atomic mass is 10.1. The Balaban J connectivity index is 1.58. The van der Waals surface area contributed by atoms with E-state index in [2.05, 4.69) is 0 Å². The van der Waals surface area contributed by atoms with Crippen LogP contribution in [-0.4, -0.2) is 36.1 Å². The van der Waals surface area contributed by atoms with Crippen molar-refractivity contribution in [3.8, 4) is 0 Å². The van der Waals surface area contributed by atoms with E-state index >= 15 is 0 Å². The van der Waals surface area contributed by atoms with Crippen LogP contribution >= 0.6 is 0 Å². The highest BCUT2D eigenvalue weighted by Crippen LogP contribution is 2.57. The molecule has 0 bridgehead atoms. The van der Waals surface area contributed by atoms with Gasteiger partial charge in [-0.2, -0.15) is 0 Å². The third-order valence-corrected chi connectivity index (χ3v) is 4.25. The number of ether oxygens (including phenoxy) is 1. The number of benzene rings is 1. The van der Waals surface area contributed by atoms with Crippen molar-refractivity contribution in [3.63, 3.8) is 0 Å². The average molecular weight is 273 g/mol. The van der Waals surface area contributed by atoms with E-state index in [0.717, 1.165) is 0 Å². The Morgan fingerprint density at radius 3 is 2.40 bits per heavy atom. The first kappa shape index (κ1) is 11.6. The lowest BCUT2D eigenvalue weighted by Crippen LogP contribution is -2.36. The van der Waals surface area contributed by atoms with Gasteiger partial charge in [-0.3, -0.25) is 9.59 Å². The van der Waals surface area contributed by atoms with Crippen molar-refractivity contribution in [3.05, 3.63) is 35.4 Å². The summed E-state index contributed by atoms with van der Waals surface area (Å²) in [4.78, 5) is 41.4. The molecule has 2 atom stereocenters. The molecule has 2 aliphatic heterocycles. The van der Waals surface area contributed by atoms with Gasteiger partial charge in [-0.25, -0.2) is 4.79 Å².